The highest BCUT2D eigenvalue weighted by Gasteiger charge is 2.20. The van der Waals surface area contributed by atoms with Crippen molar-refractivity contribution < 1.29 is 23.9 Å². The van der Waals surface area contributed by atoms with Gasteiger partial charge < -0.3 is 23.9 Å². The molecule has 0 bridgehead atoms. The minimum atomic E-state index is -0.438. The summed E-state index contributed by atoms with van der Waals surface area (Å²) in [6, 6.07) is 10.6. The van der Waals surface area contributed by atoms with Crippen LogP contribution in [0.25, 0.3) is 22.1 Å². The van der Waals surface area contributed by atoms with Gasteiger partial charge in [0.1, 0.15) is 12.3 Å². The molecule has 1 aromatic heterocycles. The minimum Gasteiger partial charge on any atom is -0.507 e. The summed E-state index contributed by atoms with van der Waals surface area (Å²) in [5.74, 6) is 1.32. The maximum absolute atomic E-state index is 12.9. The lowest BCUT2D eigenvalue weighted by atomic mass is 10.0. The number of hydrogen-bond donors (Lipinski definition) is 2. The molecule has 1 fully saturated rings. The van der Waals surface area contributed by atoms with Crippen LogP contribution in [0.15, 0.2) is 45.6 Å². The number of methoxy groups -OCH3 is 2. The first-order valence-electron chi connectivity index (χ1n) is 10.5. The summed E-state index contributed by atoms with van der Waals surface area (Å²) in [4.78, 5) is 14.3. The molecule has 2 aromatic carbocycles. The van der Waals surface area contributed by atoms with Crippen molar-refractivity contribution in [3.8, 4) is 28.4 Å². The normalized spacial score (nSPS) is 15.1. The van der Waals surface area contributed by atoms with Crippen LogP contribution >= 0.6 is 0 Å². The fourth-order valence-corrected chi connectivity index (χ4v) is 4.26. The van der Waals surface area contributed by atoms with Crippen molar-refractivity contribution in [3.63, 3.8) is 0 Å². The number of quaternary nitrogens is 1. The van der Waals surface area contributed by atoms with Gasteiger partial charge >= 0.3 is 5.63 Å². The number of fused-ring (bicyclic) bond motifs is 1. The van der Waals surface area contributed by atoms with Crippen molar-refractivity contribution in [1.82, 2.24) is 0 Å². The number of rotatable bonds is 5. The number of phenols is 1. The Bertz CT molecular complexity index is 1100. The van der Waals surface area contributed by atoms with Crippen LogP contribution in [0.4, 0.5) is 0 Å². The van der Waals surface area contributed by atoms with Gasteiger partial charge in [0, 0.05) is 5.39 Å². The predicted molar refractivity (Wildman–Crippen MR) is 116 cm³/mol. The minimum absolute atomic E-state index is 0.182. The van der Waals surface area contributed by atoms with Crippen molar-refractivity contribution in [2.45, 2.75) is 32.2 Å². The maximum Gasteiger partial charge on any atom is 0.344 e. The summed E-state index contributed by atoms with van der Waals surface area (Å²) in [6.07, 6.45) is 4.89. The van der Waals surface area contributed by atoms with Gasteiger partial charge in [-0.25, -0.2) is 4.79 Å². The predicted octanol–water partition coefficient (Wildman–Crippen LogP) is 3.14. The first kappa shape index (κ1) is 20.3. The molecule has 2 heterocycles. The Morgan fingerprint density at radius 3 is 2.40 bits per heavy atom. The highest BCUT2D eigenvalue weighted by molar-refractivity contribution is 5.86. The summed E-state index contributed by atoms with van der Waals surface area (Å²) in [6.45, 7) is 2.80. The van der Waals surface area contributed by atoms with Crippen LogP contribution in [0, 0.1) is 0 Å². The zero-order chi connectivity index (χ0) is 21.1. The third kappa shape index (κ3) is 4.00. The Kier molecular flexibility index (Phi) is 5.95. The van der Waals surface area contributed by atoms with E-state index in [0.29, 0.717) is 40.3 Å². The number of phenolic OH excluding ortho intramolecular Hbond substituents is 1. The molecular weight excluding hydrogens is 382 g/mol. The molecule has 0 atom stereocenters. The Labute approximate surface area is 175 Å². The molecule has 1 saturated heterocycles. The number of benzene rings is 2. The lowest BCUT2D eigenvalue weighted by Gasteiger charge is -2.18. The molecule has 1 aliphatic rings. The van der Waals surface area contributed by atoms with E-state index in [1.807, 2.05) is 12.1 Å². The molecule has 0 aliphatic carbocycles. The zero-order valence-corrected chi connectivity index (χ0v) is 17.5. The monoisotopic (exact) mass is 410 g/mol. The van der Waals surface area contributed by atoms with Gasteiger partial charge in [-0.05, 0) is 61.6 Å². The fourth-order valence-electron chi connectivity index (χ4n) is 4.26. The molecule has 0 saturated carbocycles. The van der Waals surface area contributed by atoms with Crippen LogP contribution in [-0.2, 0) is 6.54 Å². The van der Waals surface area contributed by atoms with Crippen molar-refractivity contribution >= 4 is 11.0 Å². The van der Waals surface area contributed by atoms with Crippen LogP contribution < -0.4 is 20.0 Å². The van der Waals surface area contributed by atoms with Crippen LogP contribution in [0.2, 0.25) is 0 Å². The fraction of sp³-hybridized carbons (Fsp3) is 0.375. The second-order valence-electron chi connectivity index (χ2n) is 7.84. The van der Waals surface area contributed by atoms with E-state index in [-0.39, 0.29) is 5.75 Å². The van der Waals surface area contributed by atoms with Gasteiger partial charge in [-0.2, -0.15) is 0 Å². The third-order valence-electron chi connectivity index (χ3n) is 5.91. The quantitative estimate of drug-likeness (QED) is 0.632. The second-order valence-corrected chi connectivity index (χ2v) is 7.84. The molecule has 158 valence electrons. The van der Waals surface area contributed by atoms with Gasteiger partial charge in [-0.3, -0.25) is 0 Å². The SMILES string of the molecule is COc1ccc(-c2cc3ccc(O)c(C[NH+]4CCCCCC4)c3oc2=O)cc1OC. The van der Waals surface area contributed by atoms with Crippen molar-refractivity contribution in [2.24, 2.45) is 0 Å². The molecule has 1 aliphatic heterocycles. The Balaban J connectivity index is 1.76. The van der Waals surface area contributed by atoms with Gasteiger partial charge in [0.15, 0.2) is 17.1 Å². The molecular formula is C24H28NO5+. The van der Waals surface area contributed by atoms with E-state index in [0.717, 1.165) is 18.5 Å². The summed E-state index contributed by atoms with van der Waals surface area (Å²) in [7, 11) is 3.13. The molecule has 0 spiro atoms. The molecule has 3 aromatic rings. The van der Waals surface area contributed by atoms with Crippen molar-refractivity contribution in [2.75, 3.05) is 27.3 Å². The highest BCUT2D eigenvalue weighted by Crippen LogP contribution is 2.33. The molecule has 4 rings (SSSR count). The topological polar surface area (TPSA) is 73.3 Å². The average Bonchev–Trinajstić information content (AvgIpc) is 3.04. The number of likely N-dealkylation sites (tertiary alicyclic amines) is 1. The molecule has 2 N–H and O–H groups in total. The number of nitrogens with one attached hydrogen (secondary N) is 1. The smallest absolute Gasteiger partial charge is 0.344 e. The Hall–Kier alpha value is -2.99. The van der Waals surface area contributed by atoms with Gasteiger partial charge in [-0.1, -0.05) is 6.07 Å². The standard InChI is InChI=1S/C24H27NO5/c1-28-21-10-8-16(14-22(21)29-2)18-13-17-7-9-20(26)19(23(17)30-24(18)27)15-25-11-5-3-4-6-12-25/h7-10,13-14,26H,3-6,11-12,15H2,1-2H3/p+1. The van der Waals surface area contributed by atoms with E-state index in [1.54, 1.807) is 38.5 Å². The largest absolute Gasteiger partial charge is 0.507 e. The van der Waals surface area contributed by atoms with Gasteiger partial charge in [0.05, 0.1) is 38.4 Å². The second kappa shape index (κ2) is 8.79. The average molecular weight is 410 g/mol. The molecule has 6 nitrogen and oxygen atoms in total. The highest BCUT2D eigenvalue weighted by atomic mass is 16.5. The first-order valence-corrected chi connectivity index (χ1v) is 10.5. The Morgan fingerprint density at radius 2 is 1.70 bits per heavy atom. The zero-order valence-electron chi connectivity index (χ0n) is 17.5. The van der Waals surface area contributed by atoms with Gasteiger partial charge in [-0.15, -0.1) is 0 Å². The van der Waals surface area contributed by atoms with E-state index in [1.165, 1.54) is 30.6 Å². The maximum atomic E-state index is 12.9. The van der Waals surface area contributed by atoms with Crippen LogP contribution in [0.3, 0.4) is 0 Å². The lowest BCUT2D eigenvalue weighted by molar-refractivity contribution is -0.913. The number of hydrogen-bond acceptors (Lipinski definition) is 5. The van der Waals surface area contributed by atoms with E-state index in [2.05, 4.69) is 0 Å². The molecule has 30 heavy (non-hydrogen) atoms. The van der Waals surface area contributed by atoms with Gasteiger partial charge in [0.25, 0.3) is 0 Å². The van der Waals surface area contributed by atoms with Crippen molar-refractivity contribution in [1.29, 1.82) is 0 Å². The molecule has 0 radical (unpaired) electrons. The van der Waals surface area contributed by atoms with Crippen LogP contribution in [0.1, 0.15) is 31.2 Å². The van der Waals surface area contributed by atoms with E-state index < -0.39 is 5.63 Å². The lowest BCUT2D eigenvalue weighted by Crippen LogP contribution is -3.10. The first-order chi connectivity index (χ1) is 14.6. The Morgan fingerprint density at radius 1 is 0.967 bits per heavy atom. The summed E-state index contributed by atoms with van der Waals surface area (Å²) < 4.78 is 16.4. The molecule has 6 heteroatoms. The van der Waals surface area contributed by atoms with Crippen LogP contribution in [0.5, 0.6) is 17.2 Å². The van der Waals surface area contributed by atoms with Crippen molar-refractivity contribution in [3.05, 3.63) is 52.4 Å². The van der Waals surface area contributed by atoms with E-state index in [9.17, 15) is 9.90 Å². The molecule has 0 amide bonds. The molecule has 0 unspecified atom stereocenters. The van der Waals surface area contributed by atoms with Crippen LogP contribution in [-0.4, -0.2) is 32.4 Å². The summed E-state index contributed by atoms with van der Waals surface area (Å²) in [5.41, 5.74) is 1.88. The van der Waals surface area contributed by atoms with Gasteiger partial charge in [0.2, 0.25) is 0 Å². The number of ether oxygens (including phenoxy) is 2. The van der Waals surface area contributed by atoms with E-state index >= 15 is 0 Å². The van der Waals surface area contributed by atoms with E-state index in [4.69, 9.17) is 13.9 Å². The number of aromatic hydroxyl groups is 1. The summed E-state index contributed by atoms with van der Waals surface area (Å²) in [5, 5.41) is 11.3. The summed E-state index contributed by atoms with van der Waals surface area (Å²) >= 11 is 0. The third-order valence-corrected chi connectivity index (χ3v) is 5.91.